The lowest BCUT2D eigenvalue weighted by Crippen LogP contribution is -2.05. The van der Waals surface area contributed by atoms with Crippen LogP contribution in [0.4, 0.5) is 11.6 Å². The number of aromatic nitrogens is 3. The SMILES string of the molecule is CC(=NNc1nnc(-c2ccccc2)c(-c2ccccc2)n1)c1ccc([N+](=O)[O-])cc1. The fourth-order valence-electron chi connectivity index (χ4n) is 2.98. The van der Waals surface area contributed by atoms with Crippen molar-refractivity contribution >= 4 is 17.3 Å². The quantitative estimate of drug-likeness (QED) is 0.274. The number of rotatable bonds is 6. The molecule has 0 radical (unpaired) electrons. The maximum atomic E-state index is 10.8. The number of hydrogen-bond donors (Lipinski definition) is 1. The van der Waals surface area contributed by atoms with Crippen molar-refractivity contribution in [2.45, 2.75) is 6.92 Å². The van der Waals surface area contributed by atoms with Gasteiger partial charge in [-0.05, 0) is 24.6 Å². The first-order chi connectivity index (χ1) is 15.1. The number of hydrogen-bond acceptors (Lipinski definition) is 7. The Morgan fingerprint density at radius 3 is 2.00 bits per heavy atom. The molecular formula is C23H18N6O2. The second kappa shape index (κ2) is 8.91. The molecule has 0 atom stereocenters. The number of non-ortho nitro benzene ring substituents is 1. The monoisotopic (exact) mass is 410 g/mol. The van der Waals surface area contributed by atoms with E-state index in [2.05, 4.69) is 25.7 Å². The smallest absolute Gasteiger partial charge is 0.258 e. The second-order valence-corrected chi connectivity index (χ2v) is 6.68. The Hall–Kier alpha value is -4.46. The minimum absolute atomic E-state index is 0.0287. The minimum Gasteiger partial charge on any atom is -0.258 e. The van der Waals surface area contributed by atoms with Crippen LogP contribution in [0.25, 0.3) is 22.5 Å². The van der Waals surface area contributed by atoms with Gasteiger partial charge in [-0.3, -0.25) is 10.1 Å². The molecule has 0 saturated carbocycles. The highest BCUT2D eigenvalue weighted by molar-refractivity contribution is 5.99. The maximum absolute atomic E-state index is 10.8. The van der Waals surface area contributed by atoms with Crippen LogP contribution in [-0.2, 0) is 0 Å². The van der Waals surface area contributed by atoms with E-state index in [-0.39, 0.29) is 11.6 Å². The van der Waals surface area contributed by atoms with Gasteiger partial charge in [0.15, 0.2) is 0 Å². The van der Waals surface area contributed by atoms with Crippen molar-refractivity contribution in [3.8, 4) is 22.5 Å². The van der Waals surface area contributed by atoms with Gasteiger partial charge in [0.2, 0.25) is 0 Å². The Balaban J connectivity index is 1.65. The molecule has 0 aliphatic carbocycles. The number of nitrogens with one attached hydrogen (secondary N) is 1. The molecule has 1 heterocycles. The highest BCUT2D eigenvalue weighted by atomic mass is 16.6. The summed E-state index contributed by atoms with van der Waals surface area (Å²) in [5.41, 5.74) is 7.43. The summed E-state index contributed by atoms with van der Waals surface area (Å²) in [6.45, 7) is 1.79. The molecule has 0 saturated heterocycles. The number of nitrogens with zero attached hydrogens (tertiary/aromatic N) is 5. The van der Waals surface area contributed by atoms with Crippen molar-refractivity contribution in [3.63, 3.8) is 0 Å². The minimum atomic E-state index is -0.437. The van der Waals surface area contributed by atoms with E-state index < -0.39 is 4.92 Å². The number of nitro benzene ring substituents is 1. The summed E-state index contributed by atoms with van der Waals surface area (Å²) in [4.78, 5) is 15.0. The molecule has 4 rings (SSSR count). The van der Waals surface area contributed by atoms with Gasteiger partial charge in [0.1, 0.15) is 11.4 Å². The van der Waals surface area contributed by atoms with Gasteiger partial charge in [-0.15, -0.1) is 10.2 Å². The summed E-state index contributed by atoms with van der Waals surface area (Å²) in [5.74, 6) is 0.250. The molecular weight excluding hydrogens is 392 g/mol. The van der Waals surface area contributed by atoms with E-state index in [1.807, 2.05) is 60.7 Å². The first kappa shape index (κ1) is 19.8. The van der Waals surface area contributed by atoms with Crippen LogP contribution in [0.3, 0.4) is 0 Å². The molecule has 0 aliphatic heterocycles. The third kappa shape index (κ3) is 4.59. The molecule has 152 valence electrons. The average molecular weight is 410 g/mol. The Morgan fingerprint density at radius 1 is 0.839 bits per heavy atom. The van der Waals surface area contributed by atoms with Crippen LogP contribution in [0.2, 0.25) is 0 Å². The van der Waals surface area contributed by atoms with Gasteiger partial charge >= 0.3 is 0 Å². The topological polar surface area (TPSA) is 106 Å². The third-order valence-electron chi connectivity index (χ3n) is 4.60. The first-order valence-electron chi connectivity index (χ1n) is 9.52. The summed E-state index contributed by atoms with van der Waals surface area (Å²) < 4.78 is 0. The van der Waals surface area contributed by atoms with Crippen LogP contribution in [0.15, 0.2) is 90.0 Å². The van der Waals surface area contributed by atoms with Gasteiger partial charge in [-0.2, -0.15) is 5.10 Å². The molecule has 0 aliphatic rings. The lowest BCUT2D eigenvalue weighted by molar-refractivity contribution is -0.384. The van der Waals surface area contributed by atoms with Crippen LogP contribution < -0.4 is 5.43 Å². The summed E-state index contributed by atoms with van der Waals surface area (Å²) >= 11 is 0. The van der Waals surface area contributed by atoms with E-state index in [0.29, 0.717) is 17.1 Å². The van der Waals surface area contributed by atoms with Crippen molar-refractivity contribution in [1.82, 2.24) is 15.2 Å². The van der Waals surface area contributed by atoms with Gasteiger partial charge in [0, 0.05) is 23.3 Å². The zero-order chi connectivity index (χ0) is 21.6. The van der Waals surface area contributed by atoms with E-state index in [4.69, 9.17) is 0 Å². The lowest BCUT2D eigenvalue weighted by atomic mass is 10.0. The first-order valence-corrected chi connectivity index (χ1v) is 9.52. The Labute approximate surface area is 178 Å². The third-order valence-corrected chi connectivity index (χ3v) is 4.60. The van der Waals surface area contributed by atoms with Gasteiger partial charge < -0.3 is 0 Å². The normalized spacial score (nSPS) is 11.2. The molecule has 0 spiro atoms. The zero-order valence-corrected chi connectivity index (χ0v) is 16.6. The fourth-order valence-corrected chi connectivity index (χ4v) is 2.98. The van der Waals surface area contributed by atoms with Crippen LogP contribution >= 0.6 is 0 Å². The average Bonchev–Trinajstić information content (AvgIpc) is 2.83. The molecule has 0 amide bonds. The van der Waals surface area contributed by atoms with Crippen LogP contribution in [0, 0.1) is 10.1 Å². The van der Waals surface area contributed by atoms with Crippen molar-refractivity contribution in [1.29, 1.82) is 0 Å². The Kier molecular flexibility index (Phi) is 5.70. The highest BCUT2D eigenvalue weighted by Gasteiger charge is 2.13. The lowest BCUT2D eigenvalue weighted by Gasteiger charge is -2.09. The Bertz CT molecular complexity index is 1230. The Morgan fingerprint density at radius 2 is 1.42 bits per heavy atom. The molecule has 0 bridgehead atoms. The molecule has 0 unspecified atom stereocenters. The zero-order valence-electron chi connectivity index (χ0n) is 16.6. The summed E-state index contributed by atoms with van der Waals surface area (Å²) in [5, 5.41) is 23.7. The number of hydrazone groups is 1. The standard InChI is InChI=1S/C23H18N6O2/c1-16(17-12-14-20(15-13-17)29(30)31)25-27-23-24-21(18-8-4-2-5-9-18)22(26-28-23)19-10-6-3-7-11-19/h2-15H,1H3,(H,24,27,28). The van der Waals surface area contributed by atoms with E-state index in [0.717, 1.165) is 16.7 Å². The van der Waals surface area contributed by atoms with Crippen molar-refractivity contribution in [3.05, 3.63) is 101 Å². The van der Waals surface area contributed by atoms with Gasteiger partial charge in [-0.1, -0.05) is 60.7 Å². The molecule has 8 heteroatoms. The molecule has 3 aromatic carbocycles. The molecule has 31 heavy (non-hydrogen) atoms. The van der Waals surface area contributed by atoms with Gasteiger partial charge in [-0.25, -0.2) is 10.4 Å². The van der Waals surface area contributed by atoms with Crippen molar-refractivity contribution in [2.24, 2.45) is 5.10 Å². The maximum Gasteiger partial charge on any atom is 0.269 e. The number of benzene rings is 3. The second-order valence-electron chi connectivity index (χ2n) is 6.68. The largest absolute Gasteiger partial charge is 0.269 e. The summed E-state index contributed by atoms with van der Waals surface area (Å²) in [6, 6.07) is 25.7. The fraction of sp³-hybridized carbons (Fsp3) is 0.0435. The van der Waals surface area contributed by atoms with E-state index in [1.165, 1.54) is 12.1 Å². The molecule has 1 N–H and O–H groups in total. The molecule has 8 nitrogen and oxygen atoms in total. The molecule has 4 aromatic rings. The van der Waals surface area contributed by atoms with E-state index >= 15 is 0 Å². The highest BCUT2D eigenvalue weighted by Crippen LogP contribution is 2.28. The van der Waals surface area contributed by atoms with E-state index in [1.54, 1.807) is 19.1 Å². The van der Waals surface area contributed by atoms with E-state index in [9.17, 15) is 10.1 Å². The number of nitro groups is 1. The summed E-state index contributed by atoms with van der Waals surface area (Å²) in [7, 11) is 0. The van der Waals surface area contributed by atoms with Crippen LogP contribution in [0.1, 0.15) is 12.5 Å². The van der Waals surface area contributed by atoms with Crippen molar-refractivity contribution in [2.75, 3.05) is 5.43 Å². The van der Waals surface area contributed by atoms with Gasteiger partial charge in [0.05, 0.1) is 10.6 Å². The van der Waals surface area contributed by atoms with Gasteiger partial charge in [0.25, 0.3) is 11.6 Å². The van der Waals surface area contributed by atoms with Crippen molar-refractivity contribution < 1.29 is 4.92 Å². The van der Waals surface area contributed by atoms with Crippen LogP contribution in [0.5, 0.6) is 0 Å². The molecule has 0 fully saturated rings. The summed E-state index contributed by atoms with van der Waals surface area (Å²) in [6.07, 6.45) is 0. The van der Waals surface area contributed by atoms with Crippen LogP contribution in [-0.4, -0.2) is 25.8 Å². The predicted octanol–water partition coefficient (Wildman–Crippen LogP) is 4.95. The number of anilines is 1. The molecule has 1 aromatic heterocycles. The predicted molar refractivity (Wildman–Crippen MR) is 120 cm³/mol.